The lowest BCUT2D eigenvalue weighted by atomic mass is 9.61. The summed E-state index contributed by atoms with van der Waals surface area (Å²) in [5.74, 6) is 0.533. The quantitative estimate of drug-likeness (QED) is 0.803. The molecule has 0 aromatic carbocycles. The average molecular weight is 267 g/mol. The van der Waals surface area contributed by atoms with Gasteiger partial charge in [0.25, 0.3) is 0 Å². The minimum Gasteiger partial charge on any atom is -0.481 e. The molecule has 0 bridgehead atoms. The smallest absolute Gasteiger partial charge is 0.307 e. The zero-order valence-electron chi connectivity index (χ0n) is 12.8. The van der Waals surface area contributed by atoms with E-state index >= 15 is 0 Å². The van der Waals surface area contributed by atoms with Gasteiger partial charge in [-0.1, -0.05) is 33.6 Å². The maximum atomic E-state index is 11.4. The molecule has 19 heavy (non-hydrogen) atoms. The van der Waals surface area contributed by atoms with Crippen molar-refractivity contribution in [1.82, 2.24) is 5.32 Å². The van der Waals surface area contributed by atoms with Crippen LogP contribution in [0.1, 0.15) is 59.8 Å². The molecule has 0 aliphatic heterocycles. The monoisotopic (exact) mass is 267 g/mol. The van der Waals surface area contributed by atoms with E-state index < -0.39 is 5.97 Å². The Morgan fingerprint density at radius 1 is 1.32 bits per heavy atom. The molecule has 3 nitrogen and oxygen atoms in total. The number of nitrogens with one attached hydrogen (secondary N) is 1. The van der Waals surface area contributed by atoms with Crippen LogP contribution in [-0.4, -0.2) is 23.2 Å². The molecular formula is C16H29NO2. The number of carboxylic acid groups (broad SMARTS) is 1. The molecule has 0 aromatic rings. The van der Waals surface area contributed by atoms with Crippen LogP contribution in [0.15, 0.2) is 0 Å². The molecule has 0 aromatic heterocycles. The van der Waals surface area contributed by atoms with Crippen LogP contribution in [0.25, 0.3) is 0 Å². The zero-order chi connectivity index (χ0) is 14.2. The molecular weight excluding hydrogens is 238 g/mol. The molecule has 2 N–H and O–H groups in total. The van der Waals surface area contributed by atoms with Gasteiger partial charge in [0.1, 0.15) is 0 Å². The molecule has 2 fully saturated rings. The Hall–Kier alpha value is -0.570. The van der Waals surface area contributed by atoms with Gasteiger partial charge < -0.3 is 10.4 Å². The molecule has 0 saturated heterocycles. The highest BCUT2D eigenvalue weighted by Crippen LogP contribution is 2.45. The van der Waals surface area contributed by atoms with Crippen LogP contribution in [0.4, 0.5) is 0 Å². The third-order valence-corrected chi connectivity index (χ3v) is 5.62. The molecule has 3 heteroatoms. The highest BCUT2D eigenvalue weighted by Gasteiger charge is 2.46. The third-order valence-electron chi connectivity index (χ3n) is 5.62. The number of carbonyl (C=O) groups is 1. The first-order chi connectivity index (χ1) is 8.82. The molecule has 2 aliphatic rings. The molecule has 0 radical (unpaired) electrons. The van der Waals surface area contributed by atoms with Crippen molar-refractivity contribution >= 4 is 5.97 Å². The van der Waals surface area contributed by atoms with Gasteiger partial charge >= 0.3 is 5.97 Å². The molecule has 0 amide bonds. The number of rotatable bonds is 5. The van der Waals surface area contributed by atoms with Crippen LogP contribution in [0.2, 0.25) is 0 Å². The molecule has 0 heterocycles. The number of hydrogen-bond acceptors (Lipinski definition) is 2. The Morgan fingerprint density at radius 2 is 1.95 bits per heavy atom. The fourth-order valence-electron chi connectivity index (χ4n) is 3.76. The Kier molecular flexibility index (Phi) is 4.24. The lowest BCUT2D eigenvalue weighted by molar-refractivity contribution is -0.150. The topological polar surface area (TPSA) is 49.3 Å². The summed E-state index contributed by atoms with van der Waals surface area (Å²) in [7, 11) is 0. The predicted octanol–water partition coefficient (Wildman–Crippen LogP) is 3.29. The Morgan fingerprint density at radius 3 is 2.47 bits per heavy atom. The Bertz CT molecular complexity index is 336. The van der Waals surface area contributed by atoms with E-state index in [9.17, 15) is 9.90 Å². The van der Waals surface area contributed by atoms with Gasteiger partial charge in [-0.3, -0.25) is 4.79 Å². The van der Waals surface area contributed by atoms with Gasteiger partial charge in [0.2, 0.25) is 0 Å². The largest absolute Gasteiger partial charge is 0.481 e. The summed E-state index contributed by atoms with van der Waals surface area (Å²) in [4.78, 5) is 11.4. The summed E-state index contributed by atoms with van der Waals surface area (Å²) in [6, 6.07) is 1.04. The maximum Gasteiger partial charge on any atom is 0.307 e. The second-order valence-electron chi connectivity index (χ2n) is 7.43. The first-order valence-corrected chi connectivity index (χ1v) is 7.81. The SMILES string of the molecule is CC(CC1CC1)NC1CCC(C(=O)O)C(C)(C)C1C. The Balaban J connectivity index is 1.94. The molecule has 2 aliphatic carbocycles. The summed E-state index contributed by atoms with van der Waals surface area (Å²) in [6.07, 6.45) is 5.89. The van der Waals surface area contributed by atoms with Crippen molar-refractivity contribution in [3.8, 4) is 0 Å². The lowest BCUT2D eigenvalue weighted by Crippen LogP contribution is -2.52. The second kappa shape index (κ2) is 5.43. The first kappa shape index (κ1) is 14.8. The number of hydrogen-bond donors (Lipinski definition) is 2. The molecule has 2 rings (SSSR count). The Labute approximate surface area is 117 Å². The van der Waals surface area contributed by atoms with Gasteiger partial charge in [0.05, 0.1) is 5.92 Å². The number of carboxylic acids is 1. The first-order valence-electron chi connectivity index (χ1n) is 7.81. The van der Waals surface area contributed by atoms with Crippen LogP contribution in [0, 0.1) is 23.2 Å². The van der Waals surface area contributed by atoms with Crippen LogP contribution < -0.4 is 5.32 Å². The van der Waals surface area contributed by atoms with Crippen molar-refractivity contribution in [2.24, 2.45) is 23.2 Å². The van der Waals surface area contributed by atoms with E-state index in [0.717, 1.165) is 18.8 Å². The van der Waals surface area contributed by atoms with Crippen molar-refractivity contribution in [2.75, 3.05) is 0 Å². The number of aliphatic carboxylic acids is 1. The average Bonchev–Trinajstić information content (AvgIpc) is 3.08. The highest BCUT2D eigenvalue weighted by molar-refractivity contribution is 5.71. The predicted molar refractivity (Wildman–Crippen MR) is 77.0 cm³/mol. The van der Waals surface area contributed by atoms with E-state index in [1.54, 1.807) is 0 Å². The maximum absolute atomic E-state index is 11.4. The molecule has 4 atom stereocenters. The van der Waals surface area contributed by atoms with E-state index in [0.29, 0.717) is 18.0 Å². The van der Waals surface area contributed by atoms with Gasteiger partial charge in [0, 0.05) is 12.1 Å². The van der Waals surface area contributed by atoms with E-state index in [1.165, 1.54) is 19.3 Å². The second-order valence-corrected chi connectivity index (χ2v) is 7.43. The zero-order valence-corrected chi connectivity index (χ0v) is 12.8. The van der Waals surface area contributed by atoms with Crippen molar-refractivity contribution in [3.63, 3.8) is 0 Å². The highest BCUT2D eigenvalue weighted by atomic mass is 16.4. The van der Waals surface area contributed by atoms with Crippen LogP contribution in [-0.2, 0) is 4.79 Å². The van der Waals surface area contributed by atoms with Gasteiger partial charge in [0.15, 0.2) is 0 Å². The van der Waals surface area contributed by atoms with Crippen molar-refractivity contribution in [2.45, 2.75) is 71.9 Å². The molecule has 2 saturated carbocycles. The van der Waals surface area contributed by atoms with Crippen LogP contribution >= 0.6 is 0 Å². The van der Waals surface area contributed by atoms with Crippen molar-refractivity contribution in [3.05, 3.63) is 0 Å². The normalized spacial score (nSPS) is 35.9. The van der Waals surface area contributed by atoms with E-state index in [-0.39, 0.29) is 11.3 Å². The summed E-state index contributed by atoms with van der Waals surface area (Å²) in [5.41, 5.74) is -0.124. The fourth-order valence-corrected chi connectivity index (χ4v) is 3.76. The standard InChI is InChI=1S/C16H29NO2/c1-10(9-12-5-6-12)17-14-8-7-13(15(18)19)16(3,4)11(14)2/h10-14,17H,5-9H2,1-4H3,(H,18,19). The molecule has 0 spiro atoms. The summed E-state index contributed by atoms with van der Waals surface area (Å²) in [6.45, 7) is 8.74. The van der Waals surface area contributed by atoms with Crippen LogP contribution in [0.3, 0.4) is 0 Å². The van der Waals surface area contributed by atoms with Crippen LogP contribution in [0.5, 0.6) is 0 Å². The van der Waals surface area contributed by atoms with Gasteiger partial charge in [-0.25, -0.2) is 0 Å². The van der Waals surface area contributed by atoms with Gasteiger partial charge in [-0.15, -0.1) is 0 Å². The van der Waals surface area contributed by atoms with E-state index in [2.05, 4.69) is 33.0 Å². The van der Waals surface area contributed by atoms with E-state index in [4.69, 9.17) is 0 Å². The lowest BCUT2D eigenvalue weighted by Gasteiger charge is -2.47. The van der Waals surface area contributed by atoms with Gasteiger partial charge in [-0.2, -0.15) is 0 Å². The van der Waals surface area contributed by atoms with Crippen molar-refractivity contribution < 1.29 is 9.90 Å². The minimum atomic E-state index is -0.624. The third kappa shape index (κ3) is 3.31. The summed E-state index contributed by atoms with van der Waals surface area (Å²) < 4.78 is 0. The fraction of sp³-hybridized carbons (Fsp3) is 0.938. The molecule has 4 unspecified atom stereocenters. The van der Waals surface area contributed by atoms with Gasteiger partial charge in [-0.05, 0) is 43.4 Å². The summed E-state index contributed by atoms with van der Waals surface area (Å²) in [5, 5.41) is 13.1. The van der Waals surface area contributed by atoms with Crippen molar-refractivity contribution in [1.29, 1.82) is 0 Å². The van der Waals surface area contributed by atoms with E-state index in [1.807, 2.05) is 0 Å². The molecule has 110 valence electrons. The minimum absolute atomic E-state index is 0.124. The summed E-state index contributed by atoms with van der Waals surface area (Å²) >= 11 is 0.